The van der Waals surface area contributed by atoms with Crippen LogP contribution in [0.1, 0.15) is 46.5 Å². The molecule has 1 rings (SSSR count). The number of carboxylic acids is 1. The average Bonchev–Trinajstić information content (AvgIpc) is 2.11. The Morgan fingerprint density at radius 2 is 1.89 bits per heavy atom. The van der Waals surface area contributed by atoms with Gasteiger partial charge in [-0.2, -0.15) is 0 Å². The molecule has 0 spiro atoms. The topological polar surface area (TPSA) is 110 Å². The summed E-state index contributed by atoms with van der Waals surface area (Å²) >= 11 is 0. The summed E-state index contributed by atoms with van der Waals surface area (Å²) in [4.78, 5) is 23.1. The molecule has 0 aromatic heterocycles. The minimum atomic E-state index is -2.59. The maximum atomic E-state index is 12.1. The van der Waals surface area contributed by atoms with E-state index in [1.54, 1.807) is 20.8 Å². The van der Waals surface area contributed by atoms with Crippen LogP contribution in [0.5, 0.6) is 0 Å². The van der Waals surface area contributed by atoms with Gasteiger partial charge in [0.1, 0.15) is 11.5 Å². The summed E-state index contributed by atoms with van der Waals surface area (Å²) in [7, 11) is 0. The first-order chi connectivity index (χ1) is 8.54. The lowest BCUT2D eigenvalue weighted by molar-refractivity contribution is -0.184. The number of hydrogen-bond acceptors (Lipinski definition) is 5. The highest BCUT2D eigenvalue weighted by molar-refractivity contribution is 5.85. The van der Waals surface area contributed by atoms with E-state index in [9.17, 15) is 14.7 Å². The van der Waals surface area contributed by atoms with Gasteiger partial charge in [0.05, 0.1) is 0 Å². The Hall–Kier alpha value is -1.14. The summed E-state index contributed by atoms with van der Waals surface area (Å²) in [5.74, 6) is -3.38. The average molecular weight is 273 g/mol. The summed E-state index contributed by atoms with van der Waals surface area (Å²) in [6.07, 6.45) is 3.15. The van der Waals surface area contributed by atoms with Crippen LogP contribution < -0.4 is 5.73 Å². The largest absolute Gasteiger partial charge is 0.478 e. The van der Waals surface area contributed by atoms with Gasteiger partial charge in [-0.05, 0) is 33.1 Å². The summed E-state index contributed by atoms with van der Waals surface area (Å²) in [6.45, 7) is 5.05. The zero-order valence-electron chi connectivity index (χ0n) is 11.7. The fraction of sp³-hybridized carbons (Fsp3) is 0.846. The number of esters is 1. The van der Waals surface area contributed by atoms with Crippen LogP contribution in [0.25, 0.3) is 0 Å². The lowest BCUT2D eigenvalue weighted by atomic mass is 9.76. The minimum absolute atomic E-state index is 0.229. The van der Waals surface area contributed by atoms with Gasteiger partial charge in [-0.15, -0.1) is 0 Å². The molecule has 0 saturated heterocycles. The second kappa shape index (κ2) is 5.46. The molecule has 4 N–H and O–H groups in total. The minimum Gasteiger partial charge on any atom is -0.478 e. The van der Waals surface area contributed by atoms with Crippen molar-refractivity contribution < 1.29 is 24.5 Å². The Balaban J connectivity index is 2.84. The molecular weight excluding hydrogens is 250 g/mol. The Bertz CT molecular complexity index is 355. The second-order valence-corrected chi connectivity index (χ2v) is 6.25. The lowest BCUT2D eigenvalue weighted by Crippen LogP contribution is -2.58. The molecule has 0 bridgehead atoms. The van der Waals surface area contributed by atoms with Crippen LogP contribution in [0.3, 0.4) is 0 Å². The van der Waals surface area contributed by atoms with Crippen LogP contribution in [-0.2, 0) is 14.3 Å². The summed E-state index contributed by atoms with van der Waals surface area (Å²) in [6, 6.07) is 0. The number of carboxylic acid groups (broad SMARTS) is 1. The van der Waals surface area contributed by atoms with E-state index in [4.69, 9.17) is 15.6 Å². The third kappa shape index (κ3) is 4.18. The van der Waals surface area contributed by atoms with E-state index in [1.807, 2.05) is 0 Å². The van der Waals surface area contributed by atoms with Crippen molar-refractivity contribution in [3.05, 3.63) is 0 Å². The molecule has 0 amide bonds. The zero-order chi connectivity index (χ0) is 14.8. The molecule has 1 aliphatic carbocycles. The fourth-order valence-corrected chi connectivity index (χ4v) is 2.04. The molecule has 0 radical (unpaired) electrons. The Morgan fingerprint density at radius 1 is 1.37 bits per heavy atom. The molecule has 1 aliphatic rings. The number of aliphatic hydroxyl groups is 1. The Morgan fingerprint density at radius 3 is 2.21 bits per heavy atom. The maximum Gasteiger partial charge on any atom is 0.351 e. The van der Waals surface area contributed by atoms with Gasteiger partial charge >= 0.3 is 11.9 Å². The molecule has 0 aromatic carbocycles. The smallest absolute Gasteiger partial charge is 0.351 e. The van der Waals surface area contributed by atoms with E-state index >= 15 is 0 Å². The fourth-order valence-electron chi connectivity index (χ4n) is 2.04. The van der Waals surface area contributed by atoms with Crippen LogP contribution >= 0.6 is 0 Å². The van der Waals surface area contributed by atoms with Gasteiger partial charge in [-0.25, -0.2) is 4.79 Å². The SMILES string of the molecule is CC(C)(C)OC(=O)C(CC1CCC1)C(N)(O)C(=O)O. The molecule has 6 heteroatoms. The molecule has 0 aliphatic heterocycles. The molecule has 110 valence electrons. The normalized spacial score (nSPS) is 21.1. The van der Waals surface area contributed by atoms with E-state index in [0.29, 0.717) is 0 Å². The van der Waals surface area contributed by atoms with Gasteiger partial charge in [-0.3, -0.25) is 10.5 Å². The van der Waals surface area contributed by atoms with Gasteiger partial charge in [0, 0.05) is 0 Å². The lowest BCUT2D eigenvalue weighted by Gasteiger charge is -2.35. The second-order valence-electron chi connectivity index (χ2n) is 6.25. The van der Waals surface area contributed by atoms with Crippen LogP contribution in [0.2, 0.25) is 0 Å². The van der Waals surface area contributed by atoms with Gasteiger partial charge in [0.25, 0.3) is 0 Å². The van der Waals surface area contributed by atoms with E-state index < -0.39 is 29.2 Å². The highest BCUT2D eigenvalue weighted by Crippen LogP contribution is 2.35. The standard InChI is InChI=1S/C13H23NO5/c1-12(2,3)19-10(15)9(7-8-5-4-6-8)13(14,18)11(16)17/h8-9,18H,4-7,14H2,1-3H3,(H,16,17). The summed E-state index contributed by atoms with van der Waals surface area (Å²) in [5.41, 5.74) is 2.07. The van der Waals surface area contributed by atoms with Gasteiger partial charge in [0.15, 0.2) is 0 Å². The maximum absolute atomic E-state index is 12.1. The first-order valence-electron chi connectivity index (χ1n) is 6.51. The molecule has 0 aromatic rings. The quantitative estimate of drug-likeness (QED) is 0.506. The van der Waals surface area contributed by atoms with Crippen LogP contribution in [0, 0.1) is 11.8 Å². The van der Waals surface area contributed by atoms with Crippen molar-refractivity contribution in [1.29, 1.82) is 0 Å². The number of aliphatic carboxylic acids is 1. The van der Waals surface area contributed by atoms with E-state index in [-0.39, 0.29) is 12.3 Å². The monoisotopic (exact) mass is 273 g/mol. The zero-order valence-corrected chi connectivity index (χ0v) is 11.7. The number of rotatable bonds is 5. The summed E-state index contributed by atoms with van der Waals surface area (Å²) in [5, 5.41) is 18.8. The first kappa shape index (κ1) is 15.9. The highest BCUT2D eigenvalue weighted by Gasteiger charge is 2.48. The first-order valence-corrected chi connectivity index (χ1v) is 6.51. The third-order valence-electron chi connectivity index (χ3n) is 3.36. The number of hydrogen-bond donors (Lipinski definition) is 3. The van der Waals surface area contributed by atoms with Crippen molar-refractivity contribution in [3.63, 3.8) is 0 Å². The molecule has 19 heavy (non-hydrogen) atoms. The van der Waals surface area contributed by atoms with Crippen LogP contribution in [0.4, 0.5) is 0 Å². The number of ether oxygens (including phenoxy) is 1. The van der Waals surface area contributed by atoms with E-state index in [2.05, 4.69) is 0 Å². The molecule has 6 nitrogen and oxygen atoms in total. The van der Waals surface area contributed by atoms with Crippen LogP contribution in [-0.4, -0.2) is 33.5 Å². The molecule has 1 fully saturated rings. The molecule has 1 saturated carbocycles. The Labute approximate surface area is 112 Å². The van der Waals surface area contributed by atoms with Gasteiger partial charge in [0.2, 0.25) is 5.72 Å². The molecule has 2 unspecified atom stereocenters. The predicted molar refractivity (Wildman–Crippen MR) is 68.1 cm³/mol. The van der Waals surface area contributed by atoms with Crippen molar-refractivity contribution in [2.75, 3.05) is 0 Å². The van der Waals surface area contributed by atoms with Crippen molar-refractivity contribution in [3.8, 4) is 0 Å². The molecule has 0 heterocycles. The van der Waals surface area contributed by atoms with E-state index in [0.717, 1.165) is 19.3 Å². The highest BCUT2D eigenvalue weighted by atomic mass is 16.6. The van der Waals surface area contributed by atoms with Crippen LogP contribution in [0.15, 0.2) is 0 Å². The summed E-state index contributed by atoms with van der Waals surface area (Å²) < 4.78 is 5.16. The Kier molecular flexibility index (Phi) is 4.58. The van der Waals surface area contributed by atoms with Crippen molar-refractivity contribution >= 4 is 11.9 Å². The number of nitrogens with two attached hydrogens (primary N) is 1. The van der Waals surface area contributed by atoms with Crippen molar-refractivity contribution in [1.82, 2.24) is 0 Å². The third-order valence-corrected chi connectivity index (χ3v) is 3.36. The van der Waals surface area contributed by atoms with Crippen molar-refractivity contribution in [2.45, 2.75) is 57.8 Å². The molecule has 2 atom stereocenters. The molecular formula is C13H23NO5. The number of carbonyl (C=O) groups excluding carboxylic acids is 1. The van der Waals surface area contributed by atoms with E-state index in [1.165, 1.54) is 0 Å². The van der Waals surface area contributed by atoms with Crippen molar-refractivity contribution in [2.24, 2.45) is 17.6 Å². The van der Waals surface area contributed by atoms with Gasteiger partial charge < -0.3 is 14.9 Å². The number of carbonyl (C=O) groups is 2. The van der Waals surface area contributed by atoms with Gasteiger partial charge in [-0.1, -0.05) is 19.3 Å². The predicted octanol–water partition coefficient (Wildman–Crippen LogP) is 0.866.